The first kappa shape index (κ1) is 12.3. The molecule has 0 unspecified atom stereocenters. The van der Waals surface area contributed by atoms with Crippen molar-refractivity contribution < 1.29 is 9.53 Å². The van der Waals surface area contributed by atoms with Crippen LogP contribution in [0.5, 0.6) is 0 Å². The van der Waals surface area contributed by atoms with Crippen molar-refractivity contribution in [2.24, 2.45) is 0 Å². The highest BCUT2D eigenvalue weighted by Crippen LogP contribution is 2.15. The predicted octanol–water partition coefficient (Wildman–Crippen LogP) is -0.0954. The van der Waals surface area contributed by atoms with Gasteiger partial charge in [-0.3, -0.25) is 9.36 Å². The minimum absolute atomic E-state index is 0.0843. The number of hydrogen-bond acceptors (Lipinski definition) is 8. The minimum Gasteiger partial charge on any atom is -0.468 e. The summed E-state index contributed by atoms with van der Waals surface area (Å²) in [6.45, 7) is 0. The first-order valence-corrected chi connectivity index (χ1v) is 5.87. The number of methoxy groups -OCH3 is 1. The number of anilines is 1. The van der Waals surface area contributed by atoms with Gasteiger partial charge < -0.3 is 10.5 Å². The summed E-state index contributed by atoms with van der Waals surface area (Å²) in [4.78, 5) is 27.0. The molecule has 18 heavy (non-hydrogen) atoms. The molecular formula is C9H10N6O2S. The molecule has 0 aliphatic heterocycles. The zero-order chi connectivity index (χ0) is 13.0. The standard InChI is InChI=1S/C9H10N6O2S/c1-17-6(16)4-18-9-13-7(10)12-8(14-9)15-3-2-11-5-15/h2-3,5H,4H2,1H3,(H2,10,12,13,14). The lowest BCUT2D eigenvalue weighted by atomic mass is 10.8. The molecule has 0 radical (unpaired) electrons. The zero-order valence-corrected chi connectivity index (χ0v) is 10.3. The highest BCUT2D eigenvalue weighted by atomic mass is 32.2. The molecule has 2 heterocycles. The van der Waals surface area contributed by atoms with Gasteiger partial charge in [0.05, 0.1) is 12.9 Å². The molecule has 0 amide bonds. The van der Waals surface area contributed by atoms with Crippen LogP contribution in [0.4, 0.5) is 5.95 Å². The largest absolute Gasteiger partial charge is 0.468 e. The zero-order valence-electron chi connectivity index (χ0n) is 9.48. The maximum Gasteiger partial charge on any atom is 0.316 e. The maximum absolute atomic E-state index is 11.0. The molecule has 9 heteroatoms. The SMILES string of the molecule is COC(=O)CSc1nc(N)nc(-n2ccnc2)n1. The van der Waals surface area contributed by atoms with Gasteiger partial charge >= 0.3 is 5.97 Å². The topological polar surface area (TPSA) is 109 Å². The molecule has 0 fully saturated rings. The number of carbonyl (C=O) groups excluding carboxylic acids is 1. The Morgan fingerprint density at radius 2 is 2.33 bits per heavy atom. The third-order valence-corrected chi connectivity index (χ3v) is 2.72. The molecule has 0 aliphatic carbocycles. The van der Waals surface area contributed by atoms with Crippen molar-refractivity contribution in [3.05, 3.63) is 18.7 Å². The van der Waals surface area contributed by atoms with E-state index in [0.29, 0.717) is 11.1 Å². The molecule has 0 saturated carbocycles. The van der Waals surface area contributed by atoms with Crippen LogP contribution in [0.25, 0.3) is 5.95 Å². The van der Waals surface area contributed by atoms with Crippen LogP contribution in [0, 0.1) is 0 Å². The fourth-order valence-electron chi connectivity index (χ4n) is 1.10. The van der Waals surface area contributed by atoms with Gasteiger partial charge in [0.25, 0.3) is 0 Å². The summed E-state index contributed by atoms with van der Waals surface area (Å²) in [7, 11) is 1.32. The van der Waals surface area contributed by atoms with Crippen LogP contribution in [-0.4, -0.2) is 43.3 Å². The van der Waals surface area contributed by atoms with Crippen LogP contribution in [0.15, 0.2) is 23.9 Å². The van der Waals surface area contributed by atoms with Gasteiger partial charge in [-0.2, -0.15) is 15.0 Å². The van der Waals surface area contributed by atoms with Gasteiger partial charge in [0, 0.05) is 12.4 Å². The second-order valence-electron chi connectivity index (χ2n) is 3.11. The number of thioether (sulfide) groups is 1. The van der Waals surface area contributed by atoms with E-state index < -0.39 is 0 Å². The first-order chi connectivity index (χ1) is 8.69. The van der Waals surface area contributed by atoms with E-state index in [1.165, 1.54) is 7.11 Å². The second-order valence-corrected chi connectivity index (χ2v) is 4.05. The van der Waals surface area contributed by atoms with Crippen molar-refractivity contribution in [2.45, 2.75) is 5.16 Å². The number of imidazole rings is 1. The van der Waals surface area contributed by atoms with Gasteiger partial charge in [-0.25, -0.2) is 4.98 Å². The van der Waals surface area contributed by atoms with E-state index >= 15 is 0 Å². The Morgan fingerprint density at radius 1 is 1.50 bits per heavy atom. The number of carbonyl (C=O) groups is 1. The van der Waals surface area contributed by atoms with E-state index in [-0.39, 0.29) is 17.7 Å². The smallest absolute Gasteiger partial charge is 0.316 e. The van der Waals surface area contributed by atoms with Gasteiger partial charge in [-0.15, -0.1) is 0 Å². The molecule has 0 saturated heterocycles. The van der Waals surface area contributed by atoms with Gasteiger partial charge in [0.15, 0.2) is 5.16 Å². The Morgan fingerprint density at radius 3 is 3.00 bits per heavy atom. The van der Waals surface area contributed by atoms with E-state index in [4.69, 9.17) is 5.73 Å². The fraction of sp³-hybridized carbons (Fsp3) is 0.222. The van der Waals surface area contributed by atoms with E-state index in [2.05, 4.69) is 24.7 Å². The van der Waals surface area contributed by atoms with Crippen molar-refractivity contribution >= 4 is 23.7 Å². The van der Waals surface area contributed by atoms with Gasteiger partial charge in [-0.05, 0) is 0 Å². The molecule has 0 bridgehead atoms. The fourth-order valence-corrected chi connectivity index (χ4v) is 1.77. The van der Waals surface area contributed by atoms with Crippen LogP contribution in [0.2, 0.25) is 0 Å². The lowest BCUT2D eigenvalue weighted by Gasteiger charge is -2.04. The highest BCUT2D eigenvalue weighted by Gasteiger charge is 2.09. The summed E-state index contributed by atoms with van der Waals surface area (Å²) < 4.78 is 6.12. The molecule has 0 aliphatic rings. The molecule has 2 rings (SSSR count). The first-order valence-electron chi connectivity index (χ1n) is 4.88. The minimum atomic E-state index is -0.358. The lowest BCUT2D eigenvalue weighted by molar-refractivity contribution is -0.137. The summed E-state index contributed by atoms with van der Waals surface area (Å²) in [5, 5.41) is 0.358. The van der Waals surface area contributed by atoms with E-state index in [1.54, 1.807) is 23.3 Å². The average Bonchev–Trinajstić information content (AvgIpc) is 2.89. The normalized spacial score (nSPS) is 10.3. The quantitative estimate of drug-likeness (QED) is 0.603. The van der Waals surface area contributed by atoms with Crippen molar-refractivity contribution in [1.29, 1.82) is 0 Å². The number of ether oxygens (including phenoxy) is 1. The number of nitrogen functional groups attached to an aromatic ring is 1. The Balaban J connectivity index is 2.19. The summed E-state index contributed by atoms with van der Waals surface area (Å²) >= 11 is 1.13. The molecular weight excluding hydrogens is 256 g/mol. The summed E-state index contributed by atoms with van der Waals surface area (Å²) in [6, 6.07) is 0. The monoisotopic (exact) mass is 266 g/mol. The number of nitrogens with zero attached hydrogens (tertiary/aromatic N) is 5. The summed E-state index contributed by atoms with van der Waals surface area (Å²) in [5.41, 5.74) is 5.58. The Bertz CT molecular complexity index is 544. The molecule has 8 nitrogen and oxygen atoms in total. The van der Waals surface area contributed by atoms with Crippen LogP contribution in [-0.2, 0) is 9.53 Å². The van der Waals surface area contributed by atoms with Gasteiger partial charge in [0.2, 0.25) is 11.9 Å². The maximum atomic E-state index is 11.0. The Labute approximate surface area is 107 Å². The van der Waals surface area contributed by atoms with Crippen LogP contribution in [0.1, 0.15) is 0 Å². The van der Waals surface area contributed by atoms with Gasteiger partial charge in [0.1, 0.15) is 6.33 Å². The van der Waals surface area contributed by atoms with Crippen molar-refractivity contribution in [2.75, 3.05) is 18.6 Å². The number of aromatic nitrogens is 5. The average molecular weight is 266 g/mol. The van der Waals surface area contributed by atoms with E-state index in [9.17, 15) is 4.79 Å². The number of rotatable bonds is 4. The second kappa shape index (κ2) is 5.45. The number of esters is 1. The molecule has 94 valence electrons. The predicted molar refractivity (Wildman–Crippen MR) is 64.1 cm³/mol. The van der Waals surface area contributed by atoms with Crippen molar-refractivity contribution in [3.8, 4) is 5.95 Å². The molecule has 2 aromatic rings. The van der Waals surface area contributed by atoms with Crippen molar-refractivity contribution in [1.82, 2.24) is 24.5 Å². The summed E-state index contributed by atoms with van der Waals surface area (Å²) in [5.74, 6) is 0.195. The van der Waals surface area contributed by atoms with Crippen LogP contribution in [0.3, 0.4) is 0 Å². The van der Waals surface area contributed by atoms with Gasteiger partial charge in [-0.1, -0.05) is 11.8 Å². The highest BCUT2D eigenvalue weighted by molar-refractivity contribution is 7.99. The third-order valence-electron chi connectivity index (χ3n) is 1.90. The van der Waals surface area contributed by atoms with E-state index in [1.807, 2.05) is 0 Å². The van der Waals surface area contributed by atoms with Crippen LogP contribution < -0.4 is 5.73 Å². The molecule has 2 aromatic heterocycles. The van der Waals surface area contributed by atoms with Crippen molar-refractivity contribution in [3.63, 3.8) is 0 Å². The number of hydrogen-bond donors (Lipinski definition) is 1. The molecule has 0 spiro atoms. The summed E-state index contributed by atoms with van der Waals surface area (Å²) in [6.07, 6.45) is 4.83. The van der Waals surface area contributed by atoms with E-state index in [0.717, 1.165) is 11.8 Å². The molecule has 0 aromatic carbocycles. The Hall–Kier alpha value is -2.16. The molecule has 2 N–H and O–H groups in total. The Kier molecular flexibility index (Phi) is 3.72. The third kappa shape index (κ3) is 2.94. The molecule has 0 atom stereocenters. The lowest BCUT2D eigenvalue weighted by Crippen LogP contribution is -2.08. The number of nitrogens with two attached hydrogens (primary N) is 1. The van der Waals surface area contributed by atoms with Crippen LogP contribution >= 0.6 is 11.8 Å².